The van der Waals surface area contributed by atoms with E-state index in [9.17, 15) is 13.6 Å². The summed E-state index contributed by atoms with van der Waals surface area (Å²) in [6, 6.07) is -0.139. The smallest absolute Gasteiger partial charge is 0.252 e. The molecule has 2 fully saturated rings. The topological polar surface area (TPSA) is 20.3 Å². The molecule has 0 bridgehead atoms. The summed E-state index contributed by atoms with van der Waals surface area (Å²) in [5.41, 5.74) is 0. The van der Waals surface area contributed by atoms with Gasteiger partial charge in [0.25, 0.3) is 5.92 Å². The van der Waals surface area contributed by atoms with Gasteiger partial charge < -0.3 is 0 Å². The second-order valence-electron chi connectivity index (χ2n) is 4.40. The maximum Gasteiger partial charge on any atom is 0.252 e. The van der Waals surface area contributed by atoms with Crippen LogP contribution in [0.2, 0.25) is 0 Å². The molecule has 2 aliphatic rings. The third-order valence-corrected chi connectivity index (χ3v) is 4.19. The SMILES string of the molecule is CN1CCSCC1C(=O)CC1CC1(F)F. The molecule has 2 rings (SSSR count). The maximum atomic E-state index is 12.7. The maximum absolute atomic E-state index is 12.7. The molecule has 2 unspecified atom stereocenters. The van der Waals surface area contributed by atoms with E-state index in [2.05, 4.69) is 0 Å². The van der Waals surface area contributed by atoms with Crippen LogP contribution >= 0.6 is 11.8 Å². The zero-order chi connectivity index (χ0) is 11.1. The van der Waals surface area contributed by atoms with Crippen molar-refractivity contribution in [1.29, 1.82) is 0 Å². The molecule has 2 nitrogen and oxygen atoms in total. The summed E-state index contributed by atoms with van der Waals surface area (Å²) < 4.78 is 25.3. The molecule has 15 heavy (non-hydrogen) atoms. The number of thioether (sulfide) groups is 1. The molecule has 0 N–H and O–H groups in total. The van der Waals surface area contributed by atoms with Crippen LogP contribution < -0.4 is 0 Å². The van der Waals surface area contributed by atoms with Crippen LogP contribution in [0.15, 0.2) is 0 Å². The summed E-state index contributed by atoms with van der Waals surface area (Å²) in [5.74, 6) is -1.46. The van der Waals surface area contributed by atoms with Gasteiger partial charge in [0.2, 0.25) is 0 Å². The van der Waals surface area contributed by atoms with Crippen molar-refractivity contribution in [3.8, 4) is 0 Å². The Morgan fingerprint density at radius 1 is 1.60 bits per heavy atom. The average molecular weight is 235 g/mol. The summed E-state index contributed by atoms with van der Waals surface area (Å²) in [6.07, 6.45) is -0.0368. The van der Waals surface area contributed by atoms with Gasteiger partial charge in [-0.05, 0) is 7.05 Å². The molecule has 1 aliphatic heterocycles. The Morgan fingerprint density at radius 2 is 2.27 bits per heavy atom. The first-order valence-corrected chi connectivity index (χ1v) is 6.34. The van der Waals surface area contributed by atoms with Gasteiger partial charge in [-0.3, -0.25) is 9.69 Å². The van der Waals surface area contributed by atoms with Crippen LogP contribution in [-0.4, -0.2) is 47.7 Å². The monoisotopic (exact) mass is 235 g/mol. The molecule has 0 aromatic carbocycles. The summed E-state index contributed by atoms with van der Waals surface area (Å²) in [5, 5.41) is 0. The number of ketones is 1. The molecular weight excluding hydrogens is 220 g/mol. The van der Waals surface area contributed by atoms with Crippen LogP contribution in [0.1, 0.15) is 12.8 Å². The number of hydrogen-bond acceptors (Lipinski definition) is 3. The van der Waals surface area contributed by atoms with E-state index in [1.165, 1.54) is 0 Å². The predicted molar refractivity (Wildman–Crippen MR) is 56.4 cm³/mol. The molecule has 1 saturated carbocycles. The van der Waals surface area contributed by atoms with E-state index in [1.54, 1.807) is 11.8 Å². The molecule has 0 spiro atoms. The van der Waals surface area contributed by atoms with Gasteiger partial charge in [-0.15, -0.1) is 0 Å². The van der Waals surface area contributed by atoms with E-state index >= 15 is 0 Å². The van der Waals surface area contributed by atoms with Crippen molar-refractivity contribution in [2.75, 3.05) is 25.1 Å². The summed E-state index contributed by atoms with van der Waals surface area (Å²) in [4.78, 5) is 13.7. The van der Waals surface area contributed by atoms with Gasteiger partial charge >= 0.3 is 0 Å². The van der Waals surface area contributed by atoms with Crippen molar-refractivity contribution in [2.24, 2.45) is 5.92 Å². The van der Waals surface area contributed by atoms with Gasteiger partial charge in [0.05, 0.1) is 6.04 Å². The van der Waals surface area contributed by atoms with Gasteiger partial charge in [0, 0.05) is 36.8 Å². The van der Waals surface area contributed by atoms with Crippen molar-refractivity contribution in [1.82, 2.24) is 4.90 Å². The minimum Gasteiger partial charge on any atom is -0.298 e. The number of alkyl halides is 2. The Kier molecular flexibility index (Phi) is 3.03. The molecule has 0 aromatic rings. The predicted octanol–water partition coefficient (Wildman–Crippen LogP) is 1.65. The molecule has 0 radical (unpaired) electrons. The standard InChI is InChI=1S/C10H15F2NOS/c1-13-2-3-15-6-8(13)9(14)4-7-5-10(7,11)12/h7-8H,2-6H2,1H3. The van der Waals surface area contributed by atoms with Gasteiger partial charge in [-0.1, -0.05) is 0 Å². The number of nitrogens with zero attached hydrogens (tertiary/aromatic N) is 1. The summed E-state index contributed by atoms with van der Waals surface area (Å²) in [6.45, 7) is 0.877. The number of carbonyl (C=O) groups is 1. The van der Waals surface area contributed by atoms with E-state index in [0.717, 1.165) is 18.1 Å². The van der Waals surface area contributed by atoms with Crippen LogP contribution in [0.3, 0.4) is 0 Å². The van der Waals surface area contributed by atoms with Crippen LogP contribution in [0, 0.1) is 5.92 Å². The minimum absolute atomic E-state index is 0.00752. The third kappa shape index (κ3) is 2.50. The zero-order valence-corrected chi connectivity index (χ0v) is 9.53. The van der Waals surface area contributed by atoms with Gasteiger partial charge in [0.1, 0.15) is 0 Å². The number of rotatable bonds is 3. The van der Waals surface area contributed by atoms with Gasteiger partial charge in [-0.25, -0.2) is 8.78 Å². The van der Waals surface area contributed by atoms with Gasteiger partial charge in [0.15, 0.2) is 5.78 Å². The fraction of sp³-hybridized carbons (Fsp3) is 0.900. The quantitative estimate of drug-likeness (QED) is 0.742. The van der Waals surface area contributed by atoms with Crippen LogP contribution in [0.25, 0.3) is 0 Å². The Labute approximate surface area is 92.4 Å². The van der Waals surface area contributed by atoms with Crippen LogP contribution in [0.5, 0.6) is 0 Å². The highest BCUT2D eigenvalue weighted by molar-refractivity contribution is 7.99. The Balaban J connectivity index is 1.85. The lowest BCUT2D eigenvalue weighted by atomic mass is 10.1. The lowest BCUT2D eigenvalue weighted by Gasteiger charge is -2.30. The molecule has 1 heterocycles. The van der Waals surface area contributed by atoms with Crippen molar-refractivity contribution < 1.29 is 13.6 Å². The molecule has 0 aromatic heterocycles. The highest BCUT2D eigenvalue weighted by atomic mass is 32.2. The lowest BCUT2D eigenvalue weighted by Crippen LogP contribution is -2.44. The second-order valence-corrected chi connectivity index (χ2v) is 5.55. The Morgan fingerprint density at radius 3 is 2.80 bits per heavy atom. The zero-order valence-electron chi connectivity index (χ0n) is 8.71. The normalized spacial score (nSPS) is 35.1. The fourth-order valence-corrected chi connectivity index (χ4v) is 3.14. The molecular formula is C10H15F2NOS. The molecule has 1 saturated heterocycles. The molecule has 86 valence electrons. The largest absolute Gasteiger partial charge is 0.298 e. The lowest BCUT2D eigenvalue weighted by molar-refractivity contribution is -0.124. The van der Waals surface area contributed by atoms with Crippen molar-refractivity contribution in [3.63, 3.8) is 0 Å². The van der Waals surface area contributed by atoms with E-state index in [-0.39, 0.29) is 24.7 Å². The first kappa shape index (κ1) is 11.3. The Hall–Kier alpha value is -0.160. The van der Waals surface area contributed by atoms with E-state index in [0.29, 0.717) is 0 Å². The number of hydrogen-bond donors (Lipinski definition) is 0. The number of halogens is 2. The fourth-order valence-electron chi connectivity index (χ4n) is 1.90. The average Bonchev–Trinajstić information content (AvgIpc) is 2.74. The summed E-state index contributed by atoms with van der Waals surface area (Å²) >= 11 is 1.73. The van der Waals surface area contributed by atoms with E-state index in [1.807, 2.05) is 11.9 Å². The first-order chi connectivity index (χ1) is 7.00. The van der Waals surface area contributed by atoms with E-state index in [4.69, 9.17) is 0 Å². The first-order valence-electron chi connectivity index (χ1n) is 5.19. The Bertz CT molecular complexity index is 272. The van der Waals surface area contributed by atoms with Crippen molar-refractivity contribution in [3.05, 3.63) is 0 Å². The van der Waals surface area contributed by atoms with E-state index < -0.39 is 11.8 Å². The number of likely N-dealkylation sites (N-methyl/N-ethyl adjacent to an activating group) is 1. The molecule has 5 heteroatoms. The van der Waals surface area contributed by atoms with Crippen LogP contribution in [0.4, 0.5) is 8.78 Å². The highest BCUT2D eigenvalue weighted by Crippen LogP contribution is 2.50. The molecule has 1 aliphatic carbocycles. The highest BCUT2D eigenvalue weighted by Gasteiger charge is 2.57. The third-order valence-electron chi connectivity index (χ3n) is 3.17. The van der Waals surface area contributed by atoms with Gasteiger partial charge in [-0.2, -0.15) is 11.8 Å². The molecule has 0 amide bonds. The molecule has 2 atom stereocenters. The minimum atomic E-state index is -2.56. The summed E-state index contributed by atoms with van der Waals surface area (Å²) in [7, 11) is 1.90. The second kappa shape index (κ2) is 4.01. The number of carbonyl (C=O) groups excluding carboxylic acids is 1. The van der Waals surface area contributed by atoms with Crippen molar-refractivity contribution in [2.45, 2.75) is 24.8 Å². The van der Waals surface area contributed by atoms with Crippen LogP contribution in [-0.2, 0) is 4.79 Å². The number of Topliss-reactive ketones (excluding diaryl/α,β-unsaturated/α-hetero) is 1. The van der Waals surface area contributed by atoms with Crippen molar-refractivity contribution >= 4 is 17.5 Å².